The number of quaternary nitrogens is 1. The van der Waals surface area contributed by atoms with E-state index in [-0.39, 0.29) is 5.56 Å². The summed E-state index contributed by atoms with van der Waals surface area (Å²) in [4.78, 5) is 25.6. The van der Waals surface area contributed by atoms with Crippen molar-refractivity contribution in [2.45, 2.75) is 13.1 Å². The van der Waals surface area contributed by atoms with Crippen LogP contribution in [0.15, 0.2) is 59.4 Å². The van der Waals surface area contributed by atoms with Gasteiger partial charge in [-0.05, 0) is 24.3 Å². The van der Waals surface area contributed by atoms with Gasteiger partial charge in [-0.3, -0.25) is 4.79 Å². The molecule has 4 aromatic rings. The molecule has 148 valence electrons. The number of methoxy groups -OCH3 is 1. The fourth-order valence-electron chi connectivity index (χ4n) is 3.47. The van der Waals surface area contributed by atoms with Crippen LogP contribution in [0.3, 0.4) is 0 Å². The number of aromatic nitrogens is 3. The van der Waals surface area contributed by atoms with E-state index in [1.807, 2.05) is 42.5 Å². The summed E-state index contributed by atoms with van der Waals surface area (Å²) in [5, 5.41) is 2.14. The van der Waals surface area contributed by atoms with E-state index in [0.717, 1.165) is 23.0 Å². The summed E-state index contributed by atoms with van der Waals surface area (Å²) in [5.74, 6) is 0.643. The molecule has 2 aromatic heterocycles. The number of para-hydroxylation sites is 2. The molecular weight excluding hydrogens is 388 g/mol. The second-order valence-corrected chi connectivity index (χ2v) is 7.37. The van der Waals surface area contributed by atoms with Crippen molar-refractivity contribution >= 4 is 33.4 Å². The highest BCUT2D eigenvalue weighted by atomic mass is 35.5. The summed E-state index contributed by atoms with van der Waals surface area (Å²) < 4.78 is 5.28. The lowest BCUT2D eigenvalue weighted by molar-refractivity contribution is -0.928. The molecule has 0 bridgehead atoms. The van der Waals surface area contributed by atoms with E-state index < -0.39 is 0 Å². The van der Waals surface area contributed by atoms with Gasteiger partial charge < -0.3 is 14.6 Å². The topological polar surface area (TPSA) is 72.3 Å². The van der Waals surface area contributed by atoms with Crippen molar-refractivity contribution in [3.63, 3.8) is 0 Å². The highest BCUT2D eigenvalue weighted by molar-refractivity contribution is 6.30. The molecule has 0 aliphatic heterocycles. The van der Waals surface area contributed by atoms with Gasteiger partial charge in [0, 0.05) is 18.1 Å². The van der Waals surface area contributed by atoms with Crippen LogP contribution in [0.2, 0.25) is 5.15 Å². The minimum absolute atomic E-state index is 0.123. The van der Waals surface area contributed by atoms with E-state index in [4.69, 9.17) is 16.3 Å². The summed E-state index contributed by atoms with van der Waals surface area (Å²) in [7, 11) is 1.68. The Bertz CT molecular complexity index is 1210. The van der Waals surface area contributed by atoms with Crippen molar-refractivity contribution in [1.82, 2.24) is 15.0 Å². The molecule has 29 heavy (non-hydrogen) atoms. The number of H-pyrrole nitrogens is 1. The molecule has 6 nitrogen and oxygen atoms in total. The normalized spacial score (nSPS) is 12.5. The maximum Gasteiger partial charge on any atom is 0.258 e. The van der Waals surface area contributed by atoms with Crippen LogP contribution < -0.4 is 10.5 Å². The van der Waals surface area contributed by atoms with Crippen LogP contribution >= 0.6 is 11.6 Å². The molecule has 1 atom stereocenters. The number of benzene rings is 2. The van der Waals surface area contributed by atoms with Gasteiger partial charge in [0.15, 0.2) is 5.82 Å². The number of halogens is 1. The molecule has 0 radical (unpaired) electrons. The molecule has 7 heteroatoms. The lowest BCUT2D eigenvalue weighted by Gasteiger charge is -2.19. The van der Waals surface area contributed by atoms with Gasteiger partial charge in [0.05, 0.1) is 23.0 Å². The molecule has 0 aliphatic rings. The Morgan fingerprint density at radius 2 is 1.79 bits per heavy atom. The molecule has 0 amide bonds. The molecule has 2 N–H and O–H groups in total. The van der Waals surface area contributed by atoms with Gasteiger partial charge in [0.1, 0.15) is 24.8 Å². The molecule has 0 aliphatic carbocycles. The number of nitrogens with zero attached hydrogens (tertiary/aromatic N) is 2. The van der Waals surface area contributed by atoms with Crippen LogP contribution in [0.5, 0.6) is 0 Å². The maximum atomic E-state index is 12.4. The smallest absolute Gasteiger partial charge is 0.258 e. The minimum Gasteiger partial charge on any atom is -0.379 e. The third kappa shape index (κ3) is 4.45. The molecule has 0 spiro atoms. The van der Waals surface area contributed by atoms with Crippen molar-refractivity contribution in [1.29, 1.82) is 0 Å². The molecule has 2 aromatic carbocycles. The molecule has 4 rings (SSSR count). The van der Waals surface area contributed by atoms with Gasteiger partial charge in [0.2, 0.25) is 0 Å². The molecular formula is C22H22ClN4O2+. The fourth-order valence-corrected chi connectivity index (χ4v) is 3.68. The van der Waals surface area contributed by atoms with E-state index in [1.165, 1.54) is 4.90 Å². The Hall–Kier alpha value is -2.80. The number of ether oxygens (including phenoxy) is 1. The molecule has 2 heterocycles. The standard InChI is InChI=1S/C22H21ClN4O2/c1-29-11-10-27(13-16-12-15-6-2-4-8-18(15)25-21(16)23)14-20-24-19-9-5-3-7-17(19)22(28)26-20/h2-9,12H,10-11,13-14H2,1H3,(H,24,26,28)/p+1. The average molecular weight is 410 g/mol. The third-order valence-corrected chi connectivity index (χ3v) is 5.26. The largest absolute Gasteiger partial charge is 0.379 e. The first-order chi connectivity index (χ1) is 14.1. The van der Waals surface area contributed by atoms with Crippen LogP contribution in [-0.4, -0.2) is 35.2 Å². The minimum atomic E-state index is -0.123. The van der Waals surface area contributed by atoms with Crippen molar-refractivity contribution in [2.75, 3.05) is 20.3 Å². The summed E-state index contributed by atoms with van der Waals surface area (Å²) in [6.45, 7) is 2.53. The van der Waals surface area contributed by atoms with Crippen LogP contribution in [0.4, 0.5) is 0 Å². The summed E-state index contributed by atoms with van der Waals surface area (Å²) in [6.07, 6.45) is 0. The lowest BCUT2D eigenvalue weighted by Crippen LogP contribution is -3.10. The van der Waals surface area contributed by atoms with Crippen LogP contribution in [0.25, 0.3) is 21.8 Å². The zero-order valence-electron chi connectivity index (χ0n) is 16.1. The SMILES string of the molecule is COCC[NH+](Cc1nc2ccccc2c(=O)[nH]1)Cc1cc2ccccc2nc1Cl. The van der Waals surface area contributed by atoms with E-state index in [2.05, 4.69) is 21.0 Å². The van der Waals surface area contributed by atoms with Gasteiger partial charge in [-0.25, -0.2) is 9.97 Å². The highest BCUT2D eigenvalue weighted by Crippen LogP contribution is 2.19. The van der Waals surface area contributed by atoms with Crippen LogP contribution in [-0.2, 0) is 17.8 Å². The average Bonchev–Trinajstić information content (AvgIpc) is 2.72. The number of nitrogens with one attached hydrogen (secondary N) is 2. The third-order valence-electron chi connectivity index (χ3n) is 4.93. The quantitative estimate of drug-likeness (QED) is 0.460. The summed E-state index contributed by atoms with van der Waals surface area (Å²) in [6, 6.07) is 17.3. The first kappa shape index (κ1) is 19.5. The first-order valence-corrected chi connectivity index (χ1v) is 9.86. The molecule has 1 unspecified atom stereocenters. The highest BCUT2D eigenvalue weighted by Gasteiger charge is 2.16. The number of hydrogen-bond acceptors (Lipinski definition) is 4. The number of hydrogen-bond donors (Lipinski definition) is 2. The number of aromatic amines is 1. The van der Waals surface area contributed by atoms with Gasteiger partial charge in [-0.1, -0.05) is 41.9 Å². The van der Waals surface area contributed by atoms with Crippen molar-refractivity contribution in [3.05, 3.63) is 81.5 Å². The summed E-state index contributed by atoms with van der Waals surface area (Å²) >= 11 is 6.46. The monoisotopic (exact) mass is 409 g/mol. The van der Waals surface area contributed by atoms with Crippen molar-refractivity contribution in [2.24, 2.45) is 0 Å². The second kappa shape index (κ2) is 8.69. The van der Waals surface area contributed by atoms with Crippen LogP contribution in [0.1, 0.15) is 11.4 Å². The maximum absolute atomic E-state index is 12.4. The number of rotatable bonds is 7. The predicted molar refractivity (Wildman–Crippen MR) is 114 cm³/mol. The second-order valence-electron chi connectivity index (χ2n) is 7.01. The van der Waals surface area contributed by atoms with Gasteiger partial charge in [-0.2, -0.15) is 0 Å². The van der Waals surface area contributed by atoms with Crippen molar-refractivity contribution < 1.29 is 9.64 Å². The zero-order chi connectivity index (χ0) is 20.2. The first-order valence-electron chi connectivity index (χ1n) is 9.48. The Labute approximate surface area is 173 Å². The Balaban J connectivity index is 1.63. The molecule has 0 saturated heterocycles. The number of fused-ring (bicyclic) bond motifs is 2. The van der Waals surface area contributed by atoms with E-state index >= 15 is 0 Å². The fraction of sp³-hybridized carbons (Fsp3) is 0.227. The van der Waals surface area contributed by atoms with E-state index in [9.17, 15) is 4.79 Å². The van der Waals surface area contributed by atoms with Gasteiger partial charge >= 0.3 is 0 Å². The van der Waals surface area contributed by atoms with Crippen molar-refractivity contribution in [3.8, 4) is 0 Å². The van der Waals surface area contributed by atoms with Gasteiger partial charge in [0.25, 0.3) is 5.56 Å². The van der Waals surface area contributed by atoms with E-state index in [0.29, 0.717) is 41.6 Å². The zero-order valence-corrected chi connectivity index (χ0v) is 16.9. The Morgan fingerprint density at radius 3 is 2.62 bits per heavy atom. The predicted octanol–water partition coefficient (Wildman–Crippen LogP) is 2.36. The molecule has 0 saturated carbocycles. The Kier molecular flexibility index (Phi) is 5.85. The summed E-state index contributed by atoms with van der Waals surface area (Å²) in [5.41, 5.74) is 2.41. The van der Waals surface area contributed by atoms with Gasteiger partial charge in [-0.15, -0.1) is 0 Å². The van der Waals surface area contributed by atoms with Crippen LogP contribution in [0, 0.1) is 0 Å². The Morgan fingerprint density at radius 1 is 1.03 bits per heavy atom. The lowest BCUT2D eigenvalue weighted by atomic mass is 10.1. The van der Waals surface area contributed by atoms with E-state index in [1.54, 1.807) is 13.2 Å². The number of pyridine rings is 1. The molecule has 0 fully saturated rings.